The first-order valence-corrected chi connectivity index (χ1v) is 12.2. The summed E-state index contributed by atoms with van der Waals surface area (Å²) in [6, 6.07) is 0. The van der Waals surface area contributed by atoms with Gasteiger partial charge in [-0.3, -0.25) is 0 Å². The molecule has 0 radical (unpaired) electrons. The third kappa shape index (κ3) is 8.62. The third-order valence-corrected chi connectivity index (χ3v) is 5.00. The third-order valence-electron chi connectivity index (χ3n) is 3.00. The topological polar surface area (TPSA) is 330 Å². The number of aliphatic hydroxyl groups excluding tert-OH is 2. The quantitative estimate of drug-likeness (QED) is 0.297. The highest BCUT2D eigenvalue weighted by atomic mass is 31.2. The fourth-order valence-corrected chi connectivity index (χ4v) is 4.39. The molecule has 2 N–H and O–H groups in total. The highest BCUT2D eigenvalue weighted by Crippen LogP contribution is 2.46. The van der Waals surface area contributed by atoms with Crippen molar-refractivity contribution in [1.29, 1.82) is 0 Å². The summed E-state index contributed by atoms with van der Waals surface area (Å²) in [5, 5.41) is 19.5. The number of rotatable bonds is 8. The van der Waals surface area contributed by atoms with E-state index in [1.807, 2.05) is 0 Å². The van der Waals surface area contributed by atoms with Gasteiger partial charge in [0.05, 0.1) is 31.3 Å². The zero-order valence-electron chi connectivity index (χ0n) is 12.7. The molecular formula is C6H8O18P4-8. The molecule has 18 nitrogen and oxygen atoms in total. The Morgan fingerprint density at radius 1 is 0.464 bits per heavy atom. The van der Waals surface area contributed by atoms with E-state index in [4.69, 9.17) is 0 Å². The number of aliphatic hydroxyl groups is 2. The highest BCUT2D eigenvalue weighted by Gasteiger charge is 2.54. The van der Waals surface area contributed by atoms with Gasteiger partial charge in [0, 0.05) is 0 Å². The van der Waals surface area contributed by atoms with E-state index in [-0.39, 0.29) is 0 Å². The lowest BCUT2D eigenvalue weighted by Crippen LogP contribution is -2.66. The number of hydrogen-bond donors (Lipinski definition) is 2. The lowest BCUT2D eigenvalue weighted by molar-refractivity contribution is -0.379. The lowest BCUT2D eigenvalue weighted by atomic mass is 9.85. The van der Waals surface area contributed by atoms with Crippen molar-refractivity contribution in [3.05, 3.63) is 0 Å². The average Bonchev–Trinajstić information content (AvgIpc) is 2.39. The van der Waals surface area contributed by atoms with Crippen LogP contribution in [0.5, 0.6) is 0 Å². The van der Waals surface area contributed by atoms with E-state index in [2.05, 4.69) is 18.1 Å². The van der Waals surface area contributed by atoms with Gasteiger partial charge in [-0.05, 0) is 0 Å². The Bertz CT molecular complexity index is 664. The minimum Gasteiger partial charge on any atom is -0.790 e. The van der Waals surface area contributed by atoms with Gasteiger partial charge in [-0.15, -0.1) is 0 Å². The molecule has 0 saturated heterocycles. The standard InChI is InChI=1S/C6H16O18P4/c7-1-2(8)4(22-26(12,13)14)6(24-28(18,19)20)5(23-27(15,16)17)3(1)21-25(9,10)11/h1-8H,(H2,9,10,11)(H2,12,13,14)(H2,15,16,17)(H2,18,19,20)/p-8/t1-,2-,3+,4+,5-,6+/m1/s1. The van der Waals surface area contributed by atoms with E-state index in [1.54, 1.807) is 0 Å². The molecule has 1 aliphatic rings. The molecule has 22 heteroatoms. The second kappa shape index (κ2) is 8.85. The summed E-state index contributed by atoms with van der Waals surface area (Å²) in [6.07, 6.45) is -17.6. The van der Waals surface area contributed by atoms with Crippen molar-refractivity contribution in [3.63, 3.8) is 0 Å². The van der Waals surface area contributed by atoms with Gasteiger partial charge >= 0.3 is 0 Å². The van der Waals surface area contributed by atoms with Gasteiger partial charge in [0.25, 0.3) is 0 Å². The first-order chi connectivity index (χ1) is 12.2. The summed E-state index contributed by atoms with van der Waals surface area (Å²) in [5.41, 5.74) is 0. The summed E-state index contributed by atoms with van der Waals surface area (Å²) in [5.74, 6) is 0. The SMILES string of the molecule is O=P([O-])([O-])O[C@@H]1[C@H](OP(=O)([O-])[O-])[C@@H](OP(=O)([O-])[O-])[C@H](O)[C@@H](O)[C@@H]1OP(=O)([O-])[O-]. The van der Waals surface area contributed by atoms with E-state index < -0.39 is 67.9 Å². The van der Waals surface area contributed by atoms with Crippen LogP contribution in [0.4, 0.5) is 0 Å². The van der Waals surface area contributed by atoms with Crippen LogP contribution in [0.15, 0.2) is 0 Å². The molecule has 168 valence electrons. The zero-order valence-corrected chi connectivity index (χ0v) is 16.3. The molecule has 0 unspecified atom stereocenters. The van der Waals surface area contributed by atoms with Gasteiger partial charge in [0.15, 0.2) is 0 Å². The van der Waals surface area contributed by atoms with E-state index in [1.165, 1.54) is 0 Å². The van der Waals surface area contributed by atoms with Crippen molar-refractivity contribution < 1.29 is 85.7 Å². The highest BCUT2D eigenvalue weighted by molar-refractivity contribution is 7.44. The van der Waals surface area contributed by atoms with Crippen LogP contribution in [-0.4, -0.2) is 46.8 Å². The second-order valence-electron chi connectivity index (χ2n) is 5.05. The van der Waals surface area contributed by atoms with Crippen LogP contribution in [0, 0.1) is 0 Å². The first kappa shape index (κ1) is 26.4. The molecule has 0 aliphatic heterocycles. The van der Waals surface area contributed by atoms with Crippen LogP contribution in [0.25, 0.3) is 0 Å². The summed E-state index contributed by atoms with van der Waals surface area (Å²) in [7, 11) is -24.9. The van der Waals surface area contributed by atoms with Crippen molar-refractivity contribution in [3.8, 4) is 0 Å². The summed E-state index contributed by atoms with van der Waals surface area (Å²) in [4.78, 5) is 86.3. The fourth-order valence-electron chi connectivity index (χ4n) is 2.23. The van der Waals surface area contributed by atoms with Crippen LogP contribution in [-0.2, 0) is 36.4 Å². The predicted molar refractivity (Wildman–Crippen MR) is 61.9 cm³/mol. The fraction of sp³-hybridized carbons (Fsp3) is 1.00. The van der Waals surface area contributed by atoms with E-state index in [9.17, 15) is 67.6 Å². The first-order valence-electron chi connectivity index (χ1n) is 6.38. The van der Waals surface area contributed by atoms with E-state index >= 15 is 0 Å². The Hall–Kier alpha value is 0.360. The predicted octanol–water partition coefficient (Wildman–Crippen LogP) is -8.42. The van der Waals surface area contributed by atoms with Crippen molar-refractivity contribution in [2.75, 3.05) is 0 Å². The van der Waals surface area contributed by atoms with Gasteiger partial charge in [0.1, 0.15) is 36.6 Å². The Morgan fingerprint density at radius 2 is 0.643 bits per heavy atom. The van der Waals surface area contributed by atoms with Crippen LogP contribution in [0.2, 0.25) is 0 Å². The van der Waals surface area contributed by atoms with Crippen LogP contribution in [0.1, 0.15) is 0 Å². The maximum atomic E-state index is 10.8. The number of hydrogen-bond acceptors (Lipinski definition) is 18. The molecule has 0 aromatic heterocycles. The van der Waals surface area contributed by atoms with Gasteiger partial charge in [-0.25, -0.2) is 0 Å². The van der Waals surface area contributed by atoms with Crippen molar-refractivity contribution in [2.45, 2.75) is 36.6 Å². The molecule has 0 aromatic carbocycles. The smallest absolute Gasteiger partial charge is 0.121 e. The van der Waals surface area contributed by atoms with Crippen molar-refractivity contribution in [1.82, 2.24) is 0 Å². The van der Waals surface area contributed by atoms with Crippen molar-refractivity contribution >= 4 is 31.3 Å². The number of phosphoric acid groups is 4. The zero-order chi connectivity index (χ0) is 22.3. The van der Waals surface area contributed by atoms with Crippen LogP contribution < -0.4 is 39.1 Å². The summed E-state index contributed by atoms with van der Waals surface area (Å²) < 4.78 is 58.0. The monoisotopic (exact) mass is 492 g/mol. The lowest BCUT2D eigenvalue weighted by Gasteiger charge is -2.53. The van der Waals surface area contributed by atoms with Gasteiger partial charge < -0.3 is 85.7 Å². The van der Waals surface area contributed by atoms with Gasteiger partial charge in [-0.2, -0.15) is 0 Å². The Balaban J connectivity index is 3.53. The van der Waals surface area contributed by atoms with Crippen LogP contribution >= 0.6 is 31.3 Å². The Labute approximate surface area is 154 Å². The Kier molecular flexibility index (Phi) is 8.34. The maximum absolute atomic E-state index is 10.8. The summed E-state index contributed by atoms with van der Waals surface area (Å²) in [6.45, 7) is 0. The molecule has 1 saturated carbocycles. The van der Waals surface area contributed by atoms with Crippen LogP contribution in [0.3, 0.4) is 0 Å². The molecule has 0 amide bonds. The molecule has 0 spiro atoms. The molecule has 1 aliphatic carbocycles. The molecule has 0 heterocycles. The maximum Gasteiger partial charge on any atom is 0.121 e. The molecule has 0 bridgehead atoms. The summed E-state index contributed by atoms with van der Waals surface area (Å²) >= 11 is 0. The molecule has 1 rings (SSSR count). The second-order valence-corrected chi connectivity index (χ2v) is 9.47. The Morgan fingerprint density at radius 3 is 0.821 bits per heavy atom. The molecule has 28 heavy (non-hydrogen) atoms. The largest absolute Gasteiger partial charge is 0.790 e. The van der Waals surface area contributed by atoms with Crippen molar-refractivity contribution in [2.24, 2.45) is 0 Å². The molecule has 6 atom stereocenters. The molecule has 1 fully saturated rings. The normalized spacial score (nSPS) is 33.1. The average molecular weight is 492 g/mol. The molecule has 0 aromatic rings. The van der Waals surface area contributed by atoms with Gasteiger partial charge in [-0.1, -0.05) is 0 Å². The minimum absolute atomic E-state index is 2.83. The van der Waals surface area contributed by atoms with E-state index in [0.29, 0.717) is 0 Å². The molecular weight excluding hydrogens is 484 g/mol. The minimum atomic E-state index is -6.28. The number of phosphoric ester groups is 4. The van der Waals surface area contributed by atoms with Gasteiger partial charge in [0.2, 0.25) is 0 Å². The van der Waals surface area contributed by atoms with E-state index in [0.717, 1.165) is 0 Å².